The van der Waals surface area contributed by atoms with Crippen LogP contribution in [0.15, 0.2) is 18.2 Å². The first-order chi connectivity index (χ1) is 8.34. The first-order valence-electron chi connectivity index (χ1n) is 5.84. The summed E-state index contributed by atoms with van der Waals surface area (Å²) in [5.74, 6) is -0.268. The Balaban J connectivity index is 3.14. The predicted octanol–water partition coefficient (Wildman–Crippen LogP) is 2.73. The third kappa shape index (κ3) is 2.96. The lowest BCUT2D eigenvalue weighted by molar-refractivity contribution is 0.385. The Kier molecular flexibility index (Phi) is 5.01. The van der Waals surface area contributed by atoms with Gasteiger partial charge in [-0.15, -0.1) is 0 Å². The van der Waals surface area contributed by atoms with Crippen molar-refractivity contribution in [1.29, 1.82) is 0 Å². The van der Waals surface area contributed by atoms with Crippen molar-refractivity contribution in [2.75, 3.05) is 7.11 Å². The van der Waals surface area contributed by atoms with E-state index in [1.807, 2.05) is 20.8 Å². The molecule has 0 fully saturated rings. The van der Waals surface area contributed by atoms with E-state index in [1.165, 1.54) is 13.2 Å². The van der Waals surface area contributed by atoms with Gasteiger partial charge in [-0.1, -0.05) is 13.0 Å². The first-order valence-corrected chi connectivity index (χ1v) is 7.05. The van der Waals surface area contributed by atoms with Gasteiger partial charge >= 0.3 is 0 Å². The number of rotatable bonds is 5. The SMILES string of the molecule is CCC(c1ccc(OC)c(F)c1)C(C)(C)[S+](N)[O-]. The second kappa shape index (κ2) is 5.91. The molecule has 1 aromatic carbocycles. The lowest BCUT2D eigenvalue weighted by Gasteiger charge is -2.32. The summed E-state index contributed by atoms with van der Waals surface area (Å²) in [7, 11) is 1.42. The summed E-state index contributed by atoms with van der Waals surface area (Å²) < 4.78 is 29.6. The average Bonchev–Trinajstić information content (AvgIpc) is 2.29. The minimum absolute atomic E-state index is 0.0660. The number of benzene rings is 1. The van der Waals surface area contributed by atoms with E-state index in [0.29, 0.717) is 0 Å². The zero-order valence-corrected chi connectivity index (χ0v) is 12.0. The Bertz CT molecular complexity index is 410. The van der Waals surface area contributed by atoms with Crippen LogP contribution in [0.2, 0.25) is 0 Å². The highest BCUT2D eigenvalue weighted by atomic mass is 32.2. The highest BCUT2D eigenvalue weighted by Crippen LogP contribution is 2.37. The van der Waals surface area contributed by atoms with Crippen LogP contribution >= 0.6 is 0 Å². The number of ether oxygens (including phenoxy) is 1. The third-order valence-electron chi connectivity index (χ3n) is 3.34. The summed E-state index contributed by atoms with van der Waals surface area (Å²) in [6.45, 7) is 5.64. The Hall–Kier alpha value is -0.780. The molecule has 0 saturated heterocycles. The maximum absolute atomic E-state index is 13.7. The highest BCUT2D eigenvalue weighted by molar-refractivity contribution is 7.90. The lowest BCUT2D eigenvalue weighted by atomic mass is 9.85. The Labute approximate surface area is 111 Å². The van der Waals surface area contributed by atoms with Gasteiger partial charge in [-0.05, 0) is 38.0 Å². The van der Waals surface area contributed by atoms with Gasteiger partial charge in [0.25, 0.3) is 0 Å². The van der Waals surface area contributed by atoms with Crippen molar-refractivity contribution < 1.29 is 13.7 Å². The fraction of sp³-hybridized carbons (Fsp3) is 0.538. The highest BCUT2D eigenvalue weighted by Gasteiger charge is 2.39. The Morgan fingerprint density at radius 1 is 1.50 bits per heavy atom. The van der Waals surface area contributed by atoms with Gasteiger partial charge < -0.3 is 9.29 Å². The molecular weight excluding hydrogens is 253 g/mol. The molecule has 18 heavy (non-hydrogen) atoms. The number of hydrogen-bond donors (Lipinski definition) is 1. The smallest absolute Gasteiger partial charge is 0.165 e. The maximum atomic E-state index is 13.7. The maximum Gasteiger partial charge on any atom is 0.165 e. The van der Waals surface area contributed by atoms with Crippen LogP contribution in [0, 0.1) is 5.82 Å². The summed E-state index contributed by atoms with van der Waals surface area (Å²) in [6, 6.07) is 4.81. The molecule has 0 aliphatic heterocycles. The quantitative estimate of drug-likeness (QED) is 0.839. The van der Waals surface area contributed by atoms with Gasteiger partial charge in [0, 0.05) is 17.3 Å². The summed E-state index contributed by atoms with van der Waals surface area (Å²) in [5.41, 5.74) is 0.791. The van der Waals surface area contributed by atoms with E-state index in [4.69, 9.17) is 9.88 Å². The van der Waals surface area contributed by atoms with Crippen molar-refractivity contribution in [3.8, 4) is 5.75 Å². The molecule has 2 atom stereocenters. The van der Waals surface area contributed by atoms with Gasteiger partial charge in [0.1, 0.15) is 4.75 Å². The second-order valence-corrected chi connectivity index (χ2v) is 6.40. The number of halogens is 1. The Morgan fingerprint density at radius 3 is 2.50 bits per heavy atom. The predicted molar refractivity (Wildman–Crippen MR) is 72.4 cm³/mol. The van der Waals surface area contributed by atoms with E-state index < -0.39 is 21.9 Å². The molecule has 2 unspecified atom stereocenters. The number of hydrogen-bond acceptors (Lipinski definition) is 3. The third-order valence-corrected chi connectivity index (χ3v) is 4.67. The molecule has 3 nitrogen and oxygen atoms in total. The molecule has 0 aromatic heterocycles. The minimum Gasteiger partial charge on any atom is -0.598 e. The molecule has 0 heterocycles. The van der Waals surface area contributed by atoms with Gasteiger partial charge in [0.05, 0.1) is 7.11 Å². The largest absolute Gasteiger partial charge is 0.598 e. The van der Waals surface area contributed by atoms with Crippen molar-refractivity contribution in [2.24, 2.45) is 5.14 Å². The molecule has 0 aliphatic rings. The molecule has 1 rings (SSSR count). The van der Waals surface area contributed by atoms with Crippen LogP contribution in [0.4, 0.5) is 4.39 Å². The zero-order chi connectivity index (χ0) is 13.9. The van der Waals surface area contributed by atoms with Crippen LogP contribution < -0.4 is 9.88 Å². The second-order valence-electron chi connectivity index (χ2n) is 4.76. The van der Waals surface area contributed by atoms with Gasteiger partial charge in [-0.25, -0.2) is 4.39 Å². The lowest BCUT2D eigenvalue weighted by Crippen LogP contribution is -2.43. The fourth-order valence-corrected chi connectivity index (χ4v) is 2.75. The van der Waals surface area contributed by atoms with Gasteiger partial charge in [-0.3, -0.25) is 0 Å². The van der Waals surface area contributed by atoms with E-state index in [0.717, 1.165) is 12.0 Å². The van der Waals surface area contributed by atoms with Crippen LogP contribution in [0.25, 0.3) is 0 Å². The van der Waals surface area contributed by atoms with Gasteiger partial charge in [-0.2, -0.15) is 5.14 Å². The van der Waals surface area contributed by atoms with E-state index in [2.05, 4.69) is 0 Å². The molecule has 0 radical (unpaired) electrons. The molecule has 102 valence electrons. The van der Waals surface area contributed by atoms with Crippen LogP contribution in [-0.4, -0.2) is 16.4 Å². The fourth-order valence-electron chi connectivity index (χ4n) is 2.17. The molecule has 0 spiro atoms. The van der Waals surface area contributed by atoms with Crippen molar-refractivity contribution >= 4 is 11.4 Å². The molecule has 0 aliphatic carbocycles. The van der Waals surface area contributed by atoms with Crippen LogP contribution in [0.5, 0.6) is 5.75 Å². The molecule has 1 aromatic rings. The standard InChI is InChI=1S/C13H20FNO2S/c1-5-10(13(2,3)18(15)16)9-6-7-12(17-4)11(14)8-9/h6-8,10H,5,15H2,1-4H3. The van der Waals surface area contributed by atoms with Crippen LogP contribution in [0.3, 0.4) is 0 Å². The minimum atomic E-state index is -1.47. The average molecular weight is 273 g/mol. The first kappa shape index (κ1) is 15.3. The van der Waals surface area contributed by atoms with Crippen LogP contribution in [-0.2, 0) is 11.4 Å². The summed E-state index contributed by atoms with van der Waals surface area (Å²) in [6.07, 6.45) is 0.738. The molecule has 2 N–H and O–H groups in total. The monoisotopic (exact) mass is 273 g/mol. The molecule has 0 saturated carbocycles. The van der Waals surface area contributed by atoms with Crippen molar-refractivity contribution in [1.82, 2.24) is 0 Å². The van der Waals surface area contributed by atoms with E-state index in [-0.39, 0.29) is 11.7 Å². The normalized spacial score (nSPS) is 15.3. The zero-order valence-electron chi connectivity index (χ0n) is 11.2. The van der Waals surface area contributed by atoms with E-state index in [9.17, 15) is 8.94 Å². The molecular formula is C13H20FNO2S. The topological polar surface area (TPSA) is 58.3 Å². The van der Waals surface area contributed by atoms with Gasteiger partial charge in [0.2, 0.25) is 0 Å². The number of nitrogens with two attached hydrogens (primary N) is 1. The van der Waals surface area contributed by atoms with E-state index >= 15 is 0 Å². The van der Waals surface area contributed by atoms with Crippen molar-refractivity contribution in [3.63, 3.8) is 0 Å². The van der Waals surface area contributed by atoms with Crippen molar-refractivity contribution in [2.45, 2.75) is 37.9 Å². The molecule has 0 bridgehead atoms. The molecule has 5 heteroatoms. The van der Waals surface area contributed by atoms with Crippen LogP contribution in [0.1, 0.15) is 38.7 Å². The summed E-state index contributed by atoms with van der Waals surface area (Å²) in [4.78, 5) is 0. The van der Waals surface area contributed by atoms with E-state index in [1.54, 1.807) is 12.1 Å². The van der Waals surface area contributed by atoms with Crippen molar-refractivity contribution in [3.05, 3.63) is 29.6 Å². The molecule has 0 amide bonds. The Morgan fingerprint density at radius 2 is 2.11 bits per heavy atom. The van der Waals surface area contributed by atoms with Gasteiger partial charge in [0.15, 0.2) is 11.6 Å². The number of methoxy groups -OCH3 is 1. The summed E-state index contributed by atoms with van der Waals surface area (Å²) in [5, 5.41) is 5.53. The summed E-state index contributed by atoms with van der Waals surface area (Å²) >= 11 is -1.47.